The minimum Gasteiger partial charge on any atom is -0.385 e. The molecule has 0 saturated carbocycles. The molecular weight excluding hydrogens is 242 g/mol. The molecule has 5 heteroatoms. The molecule has 1 saturated heterocycles. The number of fused-ring (bicyclic) bond motifs is 1. The van der Waals surface area contributed by atoms with Crippen LogP contribution < -0.4 is 16.0 Å². The Labute approximate surface area is 112 Å². The average Bonchev–Trinajstić information content (AvgIpc) is 2.91. The van der Waals surface area contributed by atoms with Gasteiger partial charge in [0.2, 0.25) is 0 Å². The summed E-state index contributed by atoms with van der Waals surface area (Å²) in [4.78, 5) is 11.8. The van der Waals surface area contributed by atoms with Gasteiger partial charge in [0.25, 0.3) is 0 Å². The van der Waals surface area contributed by atoms with Gasteiger partial charge in [0, 0.05) is 24.5 Å². The van der Waals surface area contributed by atoms with Gasteiger partial charge in [-0.25, -0.2) is 4.79 Å². The highest BCUT2D eigenvalue weighted by Gasteiger charge is 2.18. The summed E-state index contributed by atoms with van der Waals surface area (Å²) < 4.78 is 5.23. The number of nitrogens with one attached hydrogen (secondary N) is 3. The van der Waals surface area contributed by atoms with Gasteiger partial charge in [-0.15, -0.1) is 0 Å². The Morgan fingerprint density at radius 1 is 1.42 bits per heavy atom. The predicted octanol–water partition coefficient (Wildman–Crippen LogP) is 1.96. The summed E-state index contributed by atoms with van der Waals surface area (Å²) in [5, 5.41) is 9.16. The second-order valence-corrected chi connectivity index (χ2v) is 5.06. The molecule has 3 rings (SSSR count). The molecule has 1 unspecified atom stereocenters. The van der Waals surface area contributed by atoms with Crippen molar-refractivity contribution in [2.24, 2.45) is 0 Å². The number of carbonyl (C=O) groups is 1. The largest absolute Gasteiger partial charge is 0.385 e. The molecule has 0 aliphatic carbocycles. The van der Waals surface area contributed by atoms with Crippen LogP contribution in [0.25, 0.3) is 0 Å². The first-order valence-electron chi connectivity index (χ1n) is 6.83. The zero-order valence-electron chi connectivity index (χ0n) is 10.9. The Kier molecular flexibility index (Phi) is 3.55. The smallest absolute Gasteiger partial charge is 0.319 e. The third-order valence-electron chi connectivity index (χ3n) is 3.57. The van der Waals surface area contributed by atoms with Crippen molar-refractivity contribution in [1.82, 2.24) is 5.32 Å². The number of benzene rings is 1. The van der Waals surface area contributed by atoms with E-state index in [-0.39, 0.29) is 12.1 Å². The van der Waals surface area contributed by atoms with E-state index in [1.54, 1.807) is 0 Å². The van der Waals surface area contributed by atoms with Crippen LogP contribution in [0.1, 0.15) is 18.4 Å². The van der Waals surface area contributed by atoms with E-state index in [1.807, 2.05) is 18.2 Å². The van der Waals surface area contributed by atoms with E-state index in [4.69, 9.17) is 4.74 Å². The number of anilines is 2. The molecular formula is C14H19N3O2. The van der Waals surface area contributed by atoms with Crippen LogP contribution >= 0.6 is 0 Å². The third-order valence-corrected chi connectivity index (χ3v) is 3.57. The molecule has 102 valence electrons. The minimum absolute atomic E-state index is 0.138. The molecule has 1 aromatic rings. The molecule has 2 heterocycles. The molecule has 2 aliphatic heterocycles. The number of hydrogen-bond acceptors (Lipinski definition) is 3. The fraction of sp³-hybridized carbons (Fsp3) is 0.500. The van der Waals surface area contributed by atoms with Crippen LogP contribution in [0, 0.1) is 0 Å². The summed E-state index contributed by atoms with van der Waals surface area (Å²) >= 11 is 0. The van der Waals surface area contributed by atoms with Crippen molar-refractivity contribution in [3.63, 3.8) is 0 Å². The zero-order valence-corrected chi connectivity index (χ0v) is 10.9. The number of urea groups is 1. The number of amides is 2. The second kappa shape index (κ2) is 5.48. The minimum atomic E-state index is -0.154. The van der Waals surface area contributed by atoms with E-state index in [0.717, 1.165) is 38.1 Å². The van der Waals surface area contributed by atoms with Crippen LogP contribution in [-0.4, -0.2) is 31.8 Å². The van der Waals surface area contributed by atoms with Gasteiger partial charge >= 0.3 is 6.03 Å². The Morgan fingerprint density at radius 3 is 3.21 bits per heavy atom. The van der Waals surface area contributed by atoms with Gasteiger partial charge in [-0.1, -0.05) is 0 Å². The van der Waals surface area contributed by atoms with Gasteiger partial charge in [0.1, 0.15) is 0 Å². The monoisotopic (exact) mass is 261 g/mol. The molecule has 1 fully saturated rings. The first-order chi connectivity index (χ1) is 9.31. The van der Waals surface area contributed by atoms with E-state index in [9.17, 15) is 4.79 Å². The van der Waals surface area contributed by atoms with Gasteiger partial charge in [-0.2, -0.15) is 0 Å². The van der Waals surface area contributed by atoms with Gasteiger partial charge < -0.3 is 20.7 Å². The van der Waals surface area contributed by atoms with Crippen LogP contribution in [-0.2, 0) is 11.2 Å². The molecule has 1 atom stereocenters. The van der Waals surface area contributed by atoms with E-state index in [1.165, 1.54) is 11.3 Å². The lowest BCUT2D eigenvalue weighted by atomic mass is 10.0. The van der Waals surface area contributed by atoms with E-state index in [0.29, 0.717) is 6.61 Å². The summed E-state index contributed by atoms with van der Waals surface area (Å²) in [5.41, 5.74) is 3.30. The maximum atomic E-state index is 11.8. The van der Waals surface area contributed by atoms with Crippen molar-refractivity contribution in [3.05, 3.63) is 23.8 Å². The summed E-state index contributed by atoms with van der Waals surface area (Å²) in [6, 6.07) is 6.00. The third kappa shape index (κ3) is 2.98. The highest BCUT2D eigenvalue weighted by atomic mass is 16.5. The first kappa shape index (κ1) is 12.3. The van der Waals surface area contributed by atoms with Gasteiger partial charge in [-0.3, -0.25) is 0 Å². The van der Waals surface area contributed by atoms with E-state index in [2.05, 4.69) is 16.0 Å². The summed E-state index contributed by atoms with van der Waals surface area (Å²) in [6.07, 6.45) is 3.10. The Balaban J connectivity index is 1.61. The lowest BCUT2D eigenvalue weighted by Crippen LogP contribution is -2.38. The number of ether oxygens (including phenoxy) is 1. The van der Waals surface area contributed by atoms with Crippen LogP contribution in [0.4, 0.5) is 16.2 Å². The maximum Gasteiger partial charge on any atom is 0.319 e. The molecule has 3 N–H and O–H groups in total. The molecule has 2 aliphatic rings. The number of carbonyl (C=O) groups excluding carboxylic acids is 1. The normalized spacial score (nSPS) is 21.4. The standard InChI is InChI=1S/C14H19N3O2/c18-14(17-12-5-7-19-9-12)16-11-3-4-13-10(8-11)2-1-6-15-13/h3-4,8,12,15H,1-2,5-7,9H2,(H2,16,17,18). The maximum absolute atomic E-state index is 11.8. The summed E-state index contributed by atoms with van der Waals surface area (Å²) in [7, 11) is 0. The van der Waals surface area contributed by atoms with Crippen molar-refractivity contribution < 1.29 is 9.53 Å². The van der Waals surface area contributed by atoms with Crippen LogP contribution in [0.3, 0.4) is 0 Å². The lowest BCUT2D eigenvalue weighted by molar-refractivity contribution is 0.189. The topological polar surface area (TPSA) is 62.4 Å². The Bertz CT molecular complexity index is 470. The van der Waals surface area contributed by atoms with Gasteiger partial charge in [0.05, 0.1) is 12.6 Å². The van der Waals surface area contributed by atoms with E-state index < -0.39 is 0 Å². The van der Waals surface area contributed by atoms with Crippen molar-refractivity contribution >= 4 is 17.4 Å². The number of aryl methyl sites for hydroxylation is 1. The summed E-state index contributed by atoms with van der Waals surface area (Å²) in [6.45, 7) is 2.37. The molecule has 2 amide bonds. The van der Waals surface area contributed by atoms with E-state index >= 15 is 0 Å². The Hall–Kier alpha value is -1.75. The lowest BCUT2D eigenvalue weighted by Gasteiger charge is -2.19. The molecule has 5 nitrogen and oxygen atoms in total. The fourth-order valence-corrected chi connectivity index (χ4v) is 2.55. The Morgan fingerprint density at radius 2 is 2.37 bits per heavy atom. The number of hydrogen-bond donors (Lipinski definition) is 3. The molecule has 0 radical (unpaired) electrons. The van der Waals surface area contributed by atoms with Crippen molar-refractivity contribution in [3.8, 4) is 0 Å². The van der Waals surface area contributed by atoms with Crippen LogP contribution in [0.2, 0.25) is 0 Å². The molecule has 0 spiro atoms. The molecule has 0 aromatic heterocycles. The quantitative estimate of drug-likeness (QED) is 0.762. The highest BCUT2D eigenvalue weighted by Crippen LogP contribution is 2.25. The molecule has 1 aromatic carbocycles. The zero-order chi connectivity index (χ0) is 13.1. The predicted molar refractivity (Wildman–Crippen MR) is 74.6 cm³/mol. The second-order valence-electron chi connectivity index (χ2n) is 5.06. The number of rotatable bonds is 2. The molecule has 19 heavy (non-hydrogen) atoms. The highest BCUT2D eigenvalue weighted by molar-refractivity contribution is 5.90. The first-order valence-corrected chi connectivity index (χ1v) is 6.83. The van der Waals surface area contributed by atoms with Crippen LogP contribution in [0.5, 0.6) is 0 Å². The van der Waals surface area contributed by atoms with Crippen molar-refractivity contribution in [2.45, 2.75) is 25.3 Å². The average molecular weight is 261 g/mol. The molecule has 0 bridgehead atoms. The van der Waals surface area contributed by atoms with Crippen LogP contribution in [0.15, 0.2) is 18.2 Å². The summed E-state index contributed by atoms with van der Waals surface area (Å²) in [5.74, 6) is 0. The van der Waals surface area contributed by atoms with Crippen molar-refractivity contribution in [1.29, 1.82) is 0 Å². The van der Waals surface area contributed by atoms with Crippen molar-refractivity contribution in [2.75, 3.05) is 30.4 Å². The fourth-order valence-electron chi connectivity index (χ4n) is 2.55. The van der Waals surface area contributed by atoms with Gasteiger partial charge in [-0.05, 0) is 43.0 Å². The van der Waals surface area contributed by atoms with Gasteiger partial charge in [0.15, 0.2) is 0 Å². The SMILES string of the molecule is O=C(Nc1ccc2c(c1)CCCN2)NC1CCOC1.